The second-order valence-electron chi connectivity index (χ2n) is 8.82. The summed E-state index contributed by atoms with van der Waals surface area (Å²) in [5.41, 5.74) is 3.68. The maximum absolute atomic E-state index is 12.9. The Kier molecular flexibility index (Phi) is 5.76. The Morgan fingerprint density at radius 2 is 1.62 bits per heavy atom. The van der Waals surface area contributed by atoms with Crippen molar-refractivity contribution in [1.82, 2.24) is 0 Å². The van der Waals surface area contributed by atoms with Gasteiger partial charge >= 0.3 is 0 Å². The summed E-state index contributed by atoms with van der Waals surface area (Å²) in [7, 11) is 0. The number of hydrogen-bond donors (Lipinski definition) is 1. The van der Waals surface area contributed by atoms with Crippen LogP contribution in [0.2, 0.25) is 0 Å². The van der Waals surface area contributed by atoms with Gasteiger partial charge in [-0.25, -0.2) is 0 Å². The fraction of sp³-hybridized carbons (Fsp3) is 0.172. The fourth-order valence-corrected chi connectivity index (χ4v) is 4.34. The van der Waals surface area contributed by atoms with Crippen molar-refractivity contribution < 1.29 is 14.3 Å². The Labute approximate surface area is 199 Å². The Balaban J connectivity index is 1.23. The first-order valence-electron chi connectivity index (χ1n) is 11.4. The number of ether oxygens (including phenoxy) is 1. The molecule has 1 fully saturated rings. The van der Waals surface area contributed by atoms with Crippen LogP contribution in [0, 0.1) is 19.8 Å². The maximum atomic E-state index is 12.9. The van der Waals surface area contributed by atoms with Crippen LogP contribution in [0.4, 0.5) is 11.4 Å². The maximum Gasteiger partial charge on any atom is 0.229 e. The molecule has 0 bridgehead atoms. The standard InChI is InChI=1S/C29H26N2O3/c1-19-7-8-20(2)27(15-19)31-18-23(17-28(31)32)29(33)30-24-10-13-25(14-11-24)34-26-12-9-21-5-3-4-6-22(21)16-26/h3-16,23H,17-18H2,1-2H3,(H,30,33)/t23-/m1/s1. The zero-order valence-corrected chi connectivity index (χ0v) is 19.2. The highest BCUT2D eigenvalue weighted by atomic mass is 16.5. The van der Waals surface area contributed by atoms with E-state index in [1.165, 1.54) is 0 Å². The summed E-state index contributed by atoms with van der Waals surface area (Å²) >= 11 is 0. The molecule has 0 unspecified atom stereocenters. The van der Waals surface area contributed by atoms with E-state index in [-0.39, 0.29) is 24.2 Å². The second kappa shape index (κ2) is 9.02. The number of nitrogens with zero attached hydrogens (tertiary/aromatic N) is 1. The number of nitrogens with one attached hydrogen (secondary N) is 1. The van der Waals surface area contributed by atoms with Gasteiger partial charge in [0.2, 0.25) is 11.8 Å². The van der Waals surface area contributed by atoms with Crippen LogP contribution in [0.15, 0.2) is 84.9 Å². The molecule has 4 aromatic rings. The highest BCUT2D eigenvalue weighted by Crippen LogP contribution is 2.30. The van der Waals surface area contributed by atoms with E-state index in [9.17, 15) is 9.59 Å². The second-order valence-corrected chi connectivity index (χ2v) is 8.82. The molecular formula is C29H26N2O3. The lowest BCUT2D eigenvalue weighted by Crippen LogP contribution is -2.28. The van der Waals surface area contributed by atoms with Crippen molar-refractivity contribution in [2.45, 2.75) is 20.3 Å². The first-order chi connectivity index (χ1) is 16.5. The molecule has 34 heavy (non-hydrogen) atoms. The molecule has 170 valence electrons. The number of carbonyl (C=O) groups is 2. The SMILES string of the molecule is Cc1ccc(C)c(N2C[C@H](C(=O)Nc3ccc(Oc4ccc5ccccc5c4)cc3)CC2=O)c1. The van der Waals surface area contributed by atoms with Crippen LogP contribution in [0.5, 0.6) is 11.5 Å². The molecular weight excluding hydrogens is 424 g/mol. The van der Waals surface area contributed by atoms with Crippen LogP contribution in [0.1, 0.15) is 17.5 Å². The van der Waals surface area contributed by atoms with Gasteiger partial charge in [0.1, 0.15) is 11.5 Å². The molecule has 0 radical (unpaired) electrons. The van der Waals surface area contributed by atoms with Gasteiger partial charge in [-0.3, -0.25) is 9.59 Å². The van der Waals surface area contributed by atoms with Gasteiger partial charge in [-0.2, -0.15) is 0 Å². The molecule has 2 amide bonds. The number of benzene rings is 4. The third kappa shape index (κ3) is 4.50. The van der Waals surface area contributed by atoms with E-state index >= 15 is 0 Å². The van der Waals surface area contributed by atoms with Gasteiger partial charge in [0.15, 0.2) is 0 Å². The number of amides is 2. The summed E-state index contributed by atoms with van der Waals surface area (Å²) < 4.78 is 5.98. The molecule has 5 nitrogen and oxygen atoms in total. The molecule has 1 atom stereocenters. The highest BCUT2D eigenvalue weighted by molar-refractivity contribution is 6.03. The van der Waals surface area contributed by atoms with Gasteiger partial charge in [-0.15, -0.1) is 0 Å². The van der Waals surface area contributed by atoms with Gasteiger partial charge in [0.25, 0.3) is 0 Å². The molecule has 1 aliphatic rings. The molecule has 0 aromatic heterocycles. The summed E-state index contributed by atoms with van der Waals surface area (Å²) in [6, 6.07) is 27.4. The zero-order chi connectivity index (χ0) is 23.7. The average molecular weight is 451 g/mol. The Morgan fingerprint density at radius 1 is 0.882 bits per heavy atom. The molecule has 5 heteroatoms. The molecule has 1 heterocycles. The van der Waals surface area contributed by atoms with Gasteiger partial charge in [0.05, 0.1) is 5.92 Å². The first-order valence-corrected chi connectivity index (χ1v) is 11.4. The summed E-state index contributed by atoms with van der Waals surface area (Å²) in [6.45, 7) is 4.37. The largest absolute Gasteiger partial charge is 0.457 e. The Bertz CT molecular complexity index is 1380. The van der Waals surface area contributed by atoms with Crippen LogP contribution < -0.4 is 15.0 Å². The lowest BCUT2D eigenvalue weighted by Gasteiger charge is -2.19. The van der Waals surface area contributed by atoms with Crippen molar-refractivity contribution >= 4 is 34.0 Å². The van der Waals surface area contributed by atoms with Crippen molar-refractivity contribution in [2.75, 3.05) is 16.8 Å². The predicted octanol–water partition coefficient (Wildman–Crippen LogP) is 6.24. The Morgan fingerprint density at radius 3 is 2.41 bits per heavy atom. The fourth-order valence-electron chi connectivity index (χ4n) is 4.34. The molecule has 1 aliphatic heterocycles. The van der Waals surface area contributed by atoms with E-state index in [2.05, 4.69) is 17.4 Å². The molecule has 4 aromatic carbocycles. The summed E-state index contributed by atoms with van der Waals surface area (Å²) in [4.78, 5) is 27.2. The summed E-state index contributed by atoms with van der Waals surface area (Å²) in [6.07, 6.45) is 0.211. The van der Waals surface area contributed by atoms with E-state index < -0.39 is 0 Å². The Hall–Kier alpha value is -4.12. The lowest BCUT2D eigenvalue weighted by atomic mass is 10.1. The molecule has 5 rings (SSSR count). The molecule has 0 saturated carbocycles. The predicted molar refractivity (Wildman–Crippen MR) is 135 cm³/mol. The van der Waals surface area contributed by atoms with Crippen molar-refractivity contribution in [3.05, 3.63) is 96.1 Å². The third-order valence-corrected chi connectivity index (χ3v) is 6.23. The van der Waals surface area contributed by atoms with Crippen molar-refractivity contribution in [1.29, 1.82) is 0 Å². The van der Waals surface area contributed by atoms with Crippen LogP contribution in [0.3, 0.4) is 0 Å². The number of anilines is 2. The van der Waals surface area contributed by atoms with E-state index in [1.54, 1.807) is 4.90 Å². The number of hydrogen-bond acceptors (Lipinski definition) is 3. The number of fused-ring (bicyclic) bond motifs is 1. The van der Waals surface area contributed by atoms with Crippen molar-refractivity contribution in [2.24, 2.45) is 5.92 Å². The van der Waals surface area contributed by atoms with Crippen LogP contribution in [0.25, 0.3) is 10.8 Å². The van der Waals surface area contributed by atoms with Gasteiger partial charge in [-0.05, 0) is 78.2 Å². The van der Waals surface area contributed by atoms with Crippen LogP contribution >= 0.6 is 0 Å². The minimum absolute atomic E-state index is 0.0204. The van der Waals surface area contributed by atoms with Crippen LogP contribution in [-0.4, -0.2) is 18.4 Å². The number of carbonyl (C=O) groups excluding carboxylic acids is 2. The minimum Gasteiger partial charge on any atom is -0.457 e. The number of rotatable bonds is 5. The van der Waals surface area contributed by atoms with E-state index in [4.69, 9.17) is 4.74 Å². The van der Waals surface area contributed by atoms with E-state index in [1.807, 2.05) is 86.6 Å². The van der Waals surface area contributed by atoms with Gasteiger partial charge in [0, 0.05) is 24.3 Å². The topological polar surface area (TPSA) is 58.6 Å². The molecule has 1 saturated heterocycles. The monoisotopic (exact) mass is 450 g/mol. The smallest absolute Gasteiger partial charge is 0.229 e. The normalized spacial score (nSPS) is 15.5. The molecule has 0 aliphatic carbocycles. The van der Waals surface area contributed by atoms with Gasteiger partial charge in [-0.1, -0.05) is 42.5 Å². The van der Waals surface area contributed by atoms with E-state index in [0.717, 1.165) is 33.3 Å². The van der Waals surface area contributed by atoms with Crippen molar-refractivity contribution in [3.63, 3.8) is 0 Å². The molecule has 1 N–H and O–H groups in total. The average Bonchev–Trinajstić information content (AvgIpc) is 3.23. The zero-order valence-electron chi connectivity index (χ0n) is 19.2. The quantitative estimate of drug-likeness (QED) is 0.391. The van der Waals surface area contributed by atoms with Gasteiger partial charge < -0.3 is 15.0 Å². The lowest BCUT2D eigenvalue weighted by molar-refractivity contribution is -0.122. The molecule has 0 spiro atoms. The van der Waals surface area contributed by atoms with Crippen LogP contribution in [-0.2, 0) is 9.59 Å². The first kappa shape index (κ1) is 21.7. The third-order valence-electron chi connectivity index (χ3n) is 6.23. The minimum atomic E-state index is -0.388. The highest BCUT2D eigenvalue weighted by Gasteiger charge is 2.35. The number of aryl methyl sites for hydroxylation is 2. The summed E-state index contributed by atoms with van der Waals surface area (Å²) in [5, 5.41) is 5.22. The van der Waals surface area contributed by atoms with Crippen molar-refractivity contribution in [3.8, 4) is 11.5 Å². The van der Waals surface area contributed by atoms with E-state index in [0.29, 0.717) is 18.0 Å². The summed E-state index contributed by atoms with van der Waals surface area (Å²) in [5.74, 6) is 0.884.